The van der Waals surface area contributed by atoms with Crippen molar-refractivity contribution in [2.45, 2.75) is 192 Å². The van der Waals surface area contributed by atoms with E-state index in [0.717, 1.165) is 96.3 Å². The SMILES string of the molecule is C#C/C=C\CCCCCCCCCCCCC/C=C\CCCC[C@H](O)/C=C/CCCC#C[C@H](O)C#CCCCCCCC/C=C/[C@H](O)C#C. The second-order valence-electron chi connectivity index (χ2n) is 13.1. The van der Waals surface area contributed by atoms with E-state index < -0.39 is 12.2 Å². The Kier molecular flexibility index (Phi) is 37.2. The Morgan fingerprint density at radius 3 is 1.43 bits per heavy atom. The van der Waals surface area contributed by atoms with Gasteiger partial charge in [0.05, 0.1) is 6.10 Å². The normalized spacial score (nSPS) is 13.2. The third-order valence-corrected chi connectivity index (χ3v) is 8.41. The first-order chi connectivity index (χ1) is 24.1. The first-order valence-electron chi connectivity index (χ1n) is 19.7. The van der Waals surface area contributed by atoms with Gasteiger partial charge in [0, 0.05) is 12.8 Å². The summed E-state index contributed by atoms with van der Waals surface area (Å²) >= 11 is 0. The van der Waals surface area contributed by atoms with Gasteiger partial charge in [-0.15, -0.1) is 12.8 Å². The maximum Gasteiger partial charge on any atom is 0.176 e. The van der Waals surface area contributed by atoms with E-state index in [1.807, 2.05) is 24.3 Å². The van der Waals surface area contributed by atoms with Crippen LogP contribution in [-0.2, 0) is 0 Å². The molecule has 0 aliphatic heterocycles. The van der Waals surface area contributed by atoms with Crippen LogP contribution in [0.4, 0.5) is 0 Å². The number of terminal acetylenes is 2. The summed E-state index contributed by atoms with van der Waals surface area (Å²) in [5.41, 5.74) is 0. The van der Waals surface area contributed by atoms with E-state index >= 15 is 0 Å². The van der Waals surface area contributed by atoms with E-state index in [0.29, 0.717) is 0 Å². The first kappa shape index (κ1) is 46.1. The summed E-state index contributed by atoms with van der Waals surface area (Å²) in [6.07, 6.45) is 55.6. The second kappa shape index (κ2) is 39.5. The van der Waals surface area contributed by atoms with Crippen molar-refractivity contribution in [1.29, 1.82) is 0 Å². The molecule has 0 heterocycles. The molecule has 3 N–H and O–H groups in total. The molecule has 0 saturated carbocycles. The summed E-state index contributed by atoms with van der Waals surface area (Å²) in [4.78, 5) is 0. The molecule has 272 valence electrons. The monoisotopic (exact) mass is 671 g/mol. The summed E-state index contributed by atoms with van der Waals surface area (Å²) < 4.78 is 0. The molecular formula is C46H70O3. The average molecular weight is 671 g/mol. The molecule has 0 saturated heterocycles. The fraction of sp³-hybridized carbons (Fsp3) is 0.652. The smallest absolute Gasteiger partial charge is 0.176 e. The van der Waals surface area contributed by atoms with Crippen molar-refractivity contribution in [1.82, 2.24) is 0 Å². The Morgan fingerprint density at radius 1 is 0.449 bits per heavy atom. The Bertz CT molecular complexity index is 1060. The summed E-state index contributed by atoms with van der Waals surface area (Å²) in [6, 6.07) is 0. The minimum absolute atomic E-state index is 0.365. The number of allylic oxidation sites excluding steroid dienone is 6. The van der Waals surface area contributed by atoms with Gasteiger partial charge in [0.1, 0.15) is 6.10 Å². The molecule has 0 bridgehead atoms. The highest BCUT2D eigenvalue weighted by atomic mass is 16.3. The number of hydrogen-bond donors (Lipinski definition) is 3. The maximum absolute atomic E-state index is 10.2. The van der Waals surface area contributed by atoms with E-state index in [1.54, 1.807) is 6.08 Å². The zero-order chi connectivity index (χ0) is 35.7. The predicted molar refractivity (Wildman–Crippen MR) is 212 cm³/mol. The van der Waals surface area contributed by atoms with E-state index in [-0.39, 0.29) is 6.10 Å². The molecule has 0 amide bonds. The van der Waals surface area contributed by atoms with Gasteiger partial charge >= 0.3 is 0 Å². The summed E-state index contributed by atoms with van der Waals surface area (Å²) in [5.74, 6) is 16.5. The molecular weight excluding hydrogens is 601 g/mol. The van der Waals surface area contributed by atoms with Crippen LogP contribution in [0, 0.1) is 48.4 Å². The standard InChI is InChI=1S/C46H70O3/c1-3-5-6-7-8-9-10-11-12-13-14-15-16-17-18-19-20-22-26-30-35-40-45(48)42-37-32-28-33-38-43-46(49)41-36-31-27-24-21-23-25-29-34-39-44(47)4-2/h1-2,5-6,20,22,34,37,39,42,44-49H,7-19,21,23-33,35,40H2/b6-5-,22-20-,39-34+,42-37+/t44-,45+,46-/m1/s1. The number of rotatable bonds is 31. The summed E-state index contributed by atoms with van der Waals surface area (Å²) in [7, 11) is 0. The van der Waals surface area contributed by atoms with Gasteiger partial charge in [0.2, 0.25) is 0 Å². The zero-order valence-corrected chi connectivity index (χ0v) is 30.9. The number of aliphatic hydroxyl groups is 3. The van der Waals surface area contributed by atoms with Gasteiger partial charge in [-0.1, -0.05) is 155 Å². The predicted octanol–water partition coefficient (Wildman–Crippen LogP) is 11.1. The Labute approximate surface area is 303 Å². The van der Waals surface area contributed by atoms with Gasteiger partial charge in [-0.2, -0.15) is 0 Å². The number of unbranched alkanes of at least 4 members (excludes halogenated alkanes) is 22. The van der Waals surface area contributed by atoms with Crippen molar-refractivity contribution in [2.75, 3.05) is 0 Å². The van der Waals surface area contributed by atoms with Crippen LogP contribution in [0.5, 0.6) is 0 Å². The van der Waals surface area contributed by atoms with Crippen LogP contribution in [0.2, 0.25) is 0 Å². The highest BCUT2D eigenvalue weighted by molar-refractivity contribution is 5.19. The average Bonchev–Trinajstić information content (AvgIpc) is 3.10. The van der Waals surface area contributed by atoms with Gasteiger partial charge in [0.15, 0.2) is 6.10 Å². The largest absolute Gasteiger partial charge is 0.389 e. The van der Waals surface area contributed by atoms with Gasteiger partial charge in [0.25, 0.3) is 0 Å². The minimum Gasteiger partial charge on any atom is -0.389 e. The second-order valence-corrected chi connectivity index (χ2v) is 13.1. The lowest BCUT2D eigenvalue weighted by Crippen LogP contribution is -2.01. The van der Waals surface area contributed by atoms with Crippen LogP contribution in [0.1, 0.15) is 173 Å². The zero-order valence-electron chi connectivity index (χ0n) is 30.9. The van der Waals surface area contributed by atoms with Gasteiger partial charge in [-0.25, -0.2) is 0 Å². The van der Waals surface area contributed by atoms with E-state index in [1.165, 1.54) is 77.0 Å². The van der Waals surface area contributed by atoms with Crippen molar-refractivity contribution in [3.05, 3.63) is 48.6 Å². The summed E-state index contributed by atoms with van der Waals surface area (Å²) in [5, 5.41) is 29.4. The fourth-order valence-electron chi connectivity index (χ4n) is 5.44. The number of hydrogen-bond acceptors (Lipinski definition) is 3. The van der Waals surface area contributed by atoms with Crippen LogP contribution in [0.3, 0.4) is 0 Å². The lowest BCUT2D eigenvalue weighted by atomic mass is 10.0. The van der Waals surface area contributed by atoms with Gasteiger partial charge in [-0.3, -0.25) is 0 Å². The third-order valence-electron chi connectivity index (χ3n) is 8.41. The molecule has 0 aromatic carbocycles. The first-order valence-corrected chi connectivity index (χ1v) is 19.7. The molecule has 0 fully saturated rings. The number of aliphatic hydroxyl groups excluding tert-OH is 3. The highest BCUT2D eigenvalue weighted by Crippen LogP contribution is 2.13. The van der Waals surface area contributed by atoms with Crippen LogP contribution in [-0.4, -0.2) is 33.6 Å². The molecule has 0 rings (SSSR count). The van der Waals surface area contributed by atoms with Gasteiger partial charge < -0.3 is 15.3 Å². The Hall–Kier alpha value is -2.92. The Balaban J connectivity index is 3.53. The molecule has 0 aliphatic rings. The molecule has 3 atom stereocenters. The van der Waals surface area contributed by atoms with Crippen molar-refractivity contribution >= 4 is 0 Å². The van der Waals surface area contributed by atoms with Crippen LogP contribution in [0.25, 0.3) is 0 Å². The van der Waals surface area contributed by atoms with Crippen LogP contribution in [0.15, 0.2) is 48.6 Å². The van der Waals surface area contributed by atoms with Gasteiger partial charge in [-0.05, 0) is 89.2 Å². The molecule has 0 aliphatic carbocycles. The van der Waals surface area contributed by atoms with Crippen LogP contribution >= 0.6 is 0 Å². The van der Waals surface area contributed by atoms with E-state index in [2.05, 4.69) is 53.8 Å². The van der Waals surface area contributed by atoms with Crippen molar-refractivity contribution < 1.29 is 15.3 Å². The molecule has 0 radical (unpaired) electrons. The van der Waals surface area contributed by atoms with E-state index in [4.69, 9.17) is 12.8 Å². The molecule has 0 unspecified atom stereocenters. The Morgan fingerprint density at radius 2 is 0.878 bits per heavy atom. The third kappa shape index (κ3) is 39.4. The van der Waals surface area contributed by atoms with Crippen molar-refractivity contribution in [2.24, 2.45) is 0 Å². The highest BCUT2D eigenvalue weighted by Gasteiger charge is 1.98. The van der Waals surface area contributed by atoms with Crippen molar-refractivity contribution in [3.63, 3.8) is 0 Å². The lowest BCUT2D eigenvalue weighted by molar-refractivity contribution is 0.208. The lowest BCUT2D eigenvalue weighted by Gasteiger charge is -2.04. The molecule has 3 nitrogen and oxygen atoms in total. The molecule has 0 aromatic heterocycles. The van der Waals surface area contributed by atoms with E-state index in [9.17, 15) is 15.3 Å². The molecule has 49 heavy (non-hydrogen) atoms. The molecule has 0 spiro atoms. The molecule has 0 aromatic rings. The van der Waals surface area contributed by atoms with Crippen molar-refractivity contribution in [3.8, 4) is 48.4 Å². The maximum atomic E-state index is 10.2. The topological polar surface area (TPSA) is 60.7 Å². The summed E-state index contributed by atoms with van der Waals surface area (Å²) in [6.45, 7) is 0. The quantitative estimate of drug-likeness (QED) is 0.0391. The minimum atomic E-state index is -0.873. The van der Waals surface area contributed by atoms with Crippen LogP contribution < -0.4 is 0 Å². The fourth-order valence-corrected chi connectivity index (χ4v) is 5.44. The molecule has 3 heteroatoms.